The zero-order valence-corrected chi connectivity index (χ0v) is 12.9. The average Bonchev–Trinajstić information content (AvgIpc) is 3.10. The smallest absolute Gasteiger partial charge is 0.0775 e. The van der Waals surface area contributed by atoms with Gasteiger partial charge in [-0.1, -0.05) is 37.8 Å². The quantitative estimate of drug-likeness (QED) is 0.608. The van der Waals surface area contributed by atoms with Crippen molar-refractivity contribution in [3.8, 4) is 0 Å². The molecule has 0 aromatic carbocycles. The lowest BCUT2D eigenvalue weighted by atomic mass is 9.87. The molecule has 2 bridgehead atoms. The summed E-state index contributed by atoms with van der Waals surface area (Å²) in [5, 5.41) is 13.2. The Bertz CT molecular complexity index is 349. The highest BCUT2D eigenvalue weighted by atomic mass is 16.4. The molecule has 3 fully saturated rings. The normalized spacial score (nSPS) is 36.3. The van der Waals surface area contributed by atoms with Gasteiger partial charge in [0.05, 0.1) is 11.8 Å². The molecule has 0 saturated heterocycles. The highest BCUT2D eigenvalue weighted by Gasteiger charge is 2.49. The van der Waals surface area contributed by atoms with Gasteiger partial charge in [0.25, 0.3) is 0 Å². The van der Waals surface area contributed by atoms with Crippen molar-refractivity contribution in [1.82, 2.24) is 4.90 Å². The van der Waals surface area contributed by atoms with E-state index in [1.807, 2.05) is 0 Å². The second-order valence-electron chi connectivity index (χ2n) is 7.12. The molecule has 0 aromatic heterocycles. The summed E-state index contributed by atoms with van der Waals surface area (Å²) in [6.45, 7) is 3.48. The molecule has 3 aliphatic rings. The molecule has 114 valence electrons. The van der Waals surface area contributed by atoms with Crippen LogP contribution in [0.2, 0.25) is 0 Å². The largest absolute Gasteiger partial charge is 0.411 e. The minimum absolute atomic E-state index is 0.466. The molecule has 3 rings (SSSR count). The zero-order chi connectivity index (χ0) is 13.9. The summed E-state index contributed by atoms with van der Waals surface area (Å²) in [5.74, 6) is 1.35. The first-order valence-corrected chi connectivity index (χ1v) is 8.82. The number of hydrogen-bond donors (Lipinski definition) is 1. The second kappa shape index (κ2) is 6.46. The van der Waals surface area contributed by atoms with Gasteiger partial charge in [-0.25, -0.2) is 0 Å². The van der Waals surface area contributed by atoms with Crippen LogP contribution in [0.3, 0.4) is 0 Å². The predicted octanol–water partition coefficient (Wildman–Crippen LogP) is 4.05. The minimum atomic E-state index is 0.466. The van der Waals surface area contributed by atoms with E-state index in [1.54, 1.807) is 0 Å². The van der Waals surface area contributed by atoms with E-state index < -0.39 is 0 Å². The molecule has 3 unspecified atom stereocenters. The van der Waals surface area contributed by atoms with Crippen molar-refractivity contribution in [3.63, 3.8) is 0 Å². The third-order valence-corrected chi connectivity index (χ3v) is 5.93. The Kier molecular flexibility index (Phi) is 4.65. The average molecular weight is 278 g/mol. The van der Waals surface area contributed by atoms with Crippen LogP contribution in [-0.2, 0) is 0 Å². The van der Waals surface area contributed by atoms with E-state index in [0.29, 0.717) is 12.0 Å². The molecule has 0 aliphatic heterocycles. The number of oxime groups is 1. The molecule has 20 heavy (non-hydrogen) atoms. The summed E-state index contributed by atoms with van der Waals surface area (Å²) < 4.78 is 0. The number of hydrogen-bond acceptors (Lipinski definition) is 3. The van der Waals surface area contributed by atoms with Crippen LogP contribution in [-0.4, -0.2) is 34.4 Å². The van der Waals surface area contributed by atoms with E-state index in [9.17, 15) is 5.21 Å². The van der Waals surface area contributed by atoms with Crippen LogP contribution in [0.5, 0.6) is 0 Å². The molecular formula is C17H30N2O. The fourth-order valence-electron chi connectivity index (χ4n) is 4.94. The van der Waals surface area contributed by atoms with Gasteiger partial charge in [-0.3, -0.25) is 4.90 Å². The van der Waals surface area contributed by atoms with Crippen molar-refractivity contribution < 1.29 is 5.21 Å². The Hall–Kier alpha value is -0.570. The third-order valence-electron chi connectivity index (χ3n) is 5.93. The van der Waals surface area contributed by atoms with Crippen LogP contribution < -0.4 is 0 Å². The third kappa shape index (κ3) is 2.61. The molecule has 3 saturated carbocycles. The van der Waals surface area contributed by atoms with E-state index in [4.69, 9.17) is 0 Å². The van der Waals surface area contributed by atoms with Crippen molar-refractivity contribution in [2.24, 2.45) is 17.0 Å². The summed E-state index contributed by atoms with van der Waals surface area (Å²) in [7, 11) is 0. The molecular weight excluding hydrogens is 248 g/mol. The van der Waals surface area contributed by atoms with Gasteiger partial charge in [0.2, 0.25) is 0 Å². The van der Waals surface area contributed by atoms with Crippen molar-refractivity contribution in [1.29, 1.82) is 0 Å². The van der Waals surface area contributed by atoms with E-state index in [0.717, 1.165) is 17.7 Å². The maximum absolute atomic E-state index is 9.49. The highest BCUT2D eigenvalue weighted by molar-refractivity contribution is 5.94. The van der Waals surface area contributed by atoms with Gasteiger partial charge in [-0.05, 0) is 51.0 Å². The zero-order valence-electron chi connectivity index (χ0n) is 12.9. The molecule has 0 spiro atoms. The van der Waals surface area contributed by atoms with Crippen LogP contribution in [0, 0.1) is 11.8 Å². The lowest BCUT2D eigenvalue weighted by molar-refractivity contribution is 0.105. The van der Waals surface area contributed by atoms with E-state index >= 15 is 0 Å². The van der Waals surface area contributed by atoms with Crippen LogP contribution in [0.1, 0.15) is 71.1 Å². The lowest BCUT2D eigenvalue weighted by Gasteiger charge is -2.42. The van der Waals surface area contributed by atoms with Gasteiger partial charge in [0, 0.05) is 12.0 Å². The maximum Gasteiger partial charge on any atom is 0.0775 e. The molecule has 3 heteroatoms. The summed E-state index contributed by atoms with van der Waals surface area (Å²) in [5.41, 5.74) is 1.13. The molecule has 0 heterocycles. The SMILES string of the molecule is CCCCN(C1CCCCC1)C1/C(=N\O)C2CCC1C2. The summed E-state index contributed by atoms with van der Waals surface area (Å²) in [6, 6.07) is 1.21. The van der Waals surface area contributed by atoms with Gasteiger partial charge in [-0.2, -0.15) is 0 Å². The van der Waals surface area contributed by atoms with E-state index in [1.165, 1.54) is 70.8 Å². The van der Waals surface area contributed by atoms with Crippen molar-refractivity contribution in [3.05, 3.63) is 0 Å². The minimum Gasteiger partial charge on any atom is -0.411 e. The van der Waals surface area contributed by atoms with E-state index in [-0.39, 0.29) is 0 Å². The molecule has 0 aromatic rings. The Balaban J connectivity index is 1.77. The predicted molar refractivity (Wildman–Crippen MR) is 82.3 cm³/mol. The van der Waals surface area contributed by atoms with Gasteiger partial charge in [0.1, 0.15) is 0 Å². The van der Waals surface area contributed by atoms with Crippen molar-refractivity contribution in [2.45, 2.75) is 83.2 Å². The molecule has 3 atom stereocenters. The van der Waals surface area contributed by atoms with Crippen LogP contribution >= 0.6 is 0 Å². The Morgan fingerprint density at radius 2 is 1.95 bits per heavy atom. The molecule has 3 aliphatic carbocycles. The van der Waals surface area contributed by atoms with Crippen LogP contribution in [0.15, 0.2) is 5.16 Å². The van der Waals surface area contributed by atoms with Crippen LogP contribution in [0.4, 0.5) is 0 Å². The van der Waals surface area contributed by atoms with E-state index in [2.05, 4.69) is 17.0 Å². The van der Waals surface area contributed by atoms with Crippen molar-refractivity contribution in [2.75, 3.05) is 6.54 Å². The first kappa shape index (κ1) is 14.4. The summed E-state index contributed by atoms with van der Waals surface area (Å²) >= 11 is 0. The first-order valence-electron chi connectivity index (χ1n) is 8.82. The number of rotatable bonds is 5. The maximum atomic E-state index is 9.49. The second-order valence-corrected chi connectivity index (χ2v) is 7.12. The van der Waals surface area contributed by atoms with Gasteiger partial charge in [-0.15, -0.1) is 0 Å². The topological polar surface area (TPSA) is 35.8 Å². The van der Waals surface area contributed by atoms with Gasteiger partial charge in [0.15, 0.2) is 0 Å². The fourth-order valence-corrected chi connectivity index (χ4v) is 4.94. The van der Waals surface area contributed by atoms with Gasteiger partial charge >= 0.3 is 0 Å². The standard InChI is InChI=1S/C17H30N2O/c1-2-3-11-19(15-7-5-4-6-8-15)17-14-10-9-13(12-14)16(17)18-20/h13-15,17,20H,2-12H2,1H3/b18-16-. The first-order chi connectivity index (χ1) is 9.85. The highest BCUT2D eigenvalue weighted by Crippen LogP contribution is 2.46. The molecule has 0 amide bonds. The molecule has 0 radical (unpaired) electrons. The lowest BCUT2D eigenvalue weighted by Crippen LogP contribution is -2.51. The Morgan fingerprint density at radius 1 is 1.15 bits per heavy atom. The number of unbranched alkanes of at least 4 members (excludes halogenated alkanes) is 1. The number of fused-ring (bicyclic) bond motifs is 2. The molecule has 3 nitrogen and oxygen atoms in total. The number of nitrogens with zero attached hydrogens (tertiary/aromatic N) is 2. The van der Waals surface area contributed by atoms with Crippen LogP contribution in [0.25, 0.3) is 0 Å². The fraction of sp³-hybridized carbons (Fsp3) is 0.941. The van der Waals surface area contributed by atoms with Crippen molar-refractivity contribution >= 4 is 5.71 Å². The monoisotopic (exact) mass is 278 g/mol. The Labute approximate surface area is 123 Å². The summed E-state index contributed by atoms with van der Waals surface area (Å²) in [6.07, 6.45) is 13.3. The molecule has 1 N–H and O–H groups in total. The van der Waals surface area contributed by atoms with Gasteiger partial charge < -0.3 is 5.21 Å². The Morgan fingerprint density at radius 3 is 2.65 bits per heavy atom. The summed E-state index contributed by atoms with van der Waals surface area (Å²) in [4.78, 5) is 2.75.